The van der Waals surface area contributed by atoms with Crippen LogP contribution in [0.1, 0.15) is 12.0 Å². The van der Waals surface area contributed by atoms with Crippen molar-refractivity contribution in [3.05, 3.63) is 81.5 Å². The predicted molar refractivity (Wildman–Crippen MR) is 129 cm³/mol. The summed E-state index contributed by atoms with van der Waals surface area (Å²) >= 11 is 1.53. The number of hydrogen-bond acceptors (Lipinski definition) is 7. The molecule has 0 N–H and O–H groups in total. The molecule has 0 fully saturated rings. The molecular weight excluding hydrogens is 454 g/mol. The first-order chi connectivity index (χ1) is 16.5. The van der Waals surface area contributed by atoms with Gasteiger partial charge in [0.05, 0.1) is 19.1 Å². The third-order valence-electron chi connectivity index (χ3n) is 5.60. The number of fused-ring (bicyclic) bond motifs is 1. The summed E-state index contributed by atoms with van der Waals surface area (Å²) in [4.78, 5) is 29.8. The maximum Gasteiger partial charge on any atom is 0.332 e. The minimum absolute atomic E-state index is 0.303. The maximum atomic E-state index is 12.9. The standard InChI is InChI=1S/C23H23N7O3S/c1-27-15-24-20-18(27)21(31)29(23(32)28(20)2)11-7-13-34-22-26-25-19(17-10-6-12-33-17)30(22)14-16-8-4-3-5-9-16/h3-6,8-10,12,15H,7,11,13-14H2,1-2H3. The molecule has 0 radical (unpaired) electrons. The second-order valence-corrected chi connectivity index (χ2v) is 8.95. The Hall–Kier alpha value is -3.86. The van der Waals surface area contributed by atoms with Crippen molar-refractivity contribution in [1.82, 2.24) is 33.4 Å². The Balaban J connectivity index is 1.35. The van der Waals surface area contributed by atoms with E-state index in [4.69, 9.17) is 4.42 Å². The number of hydrogen-bond donors (Lipinski definition) is 0. The van der Waals surface area contributed by atoms with Gasteiger partial charge in [-0.2, -0.15) is 0 Å². The third-order valence-corrected chi connectivity index (χ3v) is 6.65. The Bertz CT molecular complexity index is 1550. The lowest BCUT2D eigenvalue weighted by atomic mass is 10.2. The maximum absolute atomic E-state index is 12.9. The summed E-state index contributed by atoms with van der Waals surface area (Å²) in [5, 5.41) is 9.47. The number of aryl methyl sites for hydroxylation is 2. The average Bonchev–Trinajstić information content (AvgIpc) is 3.58. The van der Waals surface area contributed by atoms with Crippen LogP contribution in [0.5, 0.6) is 0 Å². The van der Waals surface area contributed by atoms with Gasteiger partial charge in [-0.1, -0.05) is 42.1 Å². The Kier molecular flexibility index (Phi) is 5.93. The van der Waals surface area contributed by atoms with Crippen LogP contribution in [-0.4, -0.2) is 39.2 Å². The summed E-state index contributed by atoms with van der Waals surface area (Å²) in [5.41, 5.74) is 1.24. The highest BCUT2D eigenvalue weighted by Crippen LogP contribution is 2.26. The molecule has 11 heteroatoms. The van der Waals surface area contributed by atoms with Crippen LogP contribution >= 0.6 is 11.8 Å². The number of nitrogens with zero attached hydrogens (tertiary/aromatic N) is 7. The normalized spacial score (nSPS) is 11.5. The first kappa shape index (κ1) is 22.0. The zero-order valence-corrected chi connectivity index (χ0v) is 19.6. The molecule has 0 spiro atoms. The lowest BCUT2D eigenvalue weighted by molar-refractivity contribution is 0.569. The van der Waals surface area contributed by atoms with Crippen LogP contribution in [0.3, 0.4) is 0 Å². The minimum Gasteiger partial charge on any atom is -0.461 e. The highest BCUT2D eigenvalue weighted by molar-refractivity contribution is 7.99. The summed E-state index contributed by atoms with van der Waals surface area (Å²) in [6.07, 6.45) is 3.76. The van der Waals surface area contributed by atoms with Crippen molar-refractivity contribution in [2.75, 3.05) is 5.75 Å². The summed E-state index contributed by atoms with van der Waals surface area (Å²) in [5.74, 6) is 1.96. The molecule has 4 aromatic heterocycles. The molecule has 0 amide bonds. The largest absolute Gasteiger partial charge is 0.461 e. The quantitative estimate of drug-likeness (QED) is 0.250. The second-order valence-electron chi connectivity index (χ2n) is 7.88. The van der Waals surface area contributed by atoms with Gasteiger partial charge >= 0.3 is 5.69 Å². The Labute approximate surface area is 198 Å². The van der Waals surface area contributed by atoms with Gasteiger partial charge in [0.25, 0.3) is 5.56 Å². The smallest absolute Gasteiger partial charge is 0.332 e. The van der Waals surface area contributed by atoms with Crippen molar-refractivity contribution in [2.24, 2.45) is 14.1 Å². The van der Waals surface area contributed by atoms with Crippen LogP contribution in [0.4, 0.5) is 0 Å². The van der Waals surface area contributed by atoms with Crippen LogP contribution in [0, 0.1) is 0 Å². The fourth-order valence-corrected chi connectivity index (χ4v) is 4.73. The predicted octanol–water partition coefficient (Wildman–Crippen LogP) is 2.52. The molecule has 10 nitrogen and oxygen atoms in total. The lowest BCUT2D eigenvalue weighted by Gasteiger charge is -2.10. The Morgan fingerprint density at radius 2 is 1.82 bits per heavy atom. The van der Waals surface area contributed by atoms with Gasteiger partial charge in [0.15, 0.2) is 22.1 Å². The van der Waals surface area contributed by atoms with E-state index in [1.807, 2.05) is 34.9 Å². The SMILES string of the molecule is Cn1cnc2c1c(=O)n(CCCSc1nnc(-c3ccco3)n1Cc1ccccc1)c(=O)n2C. The molecule has 0 atom stereocenters. The van der Waals surface area contributed by atoms with Crippen LogP contribution in [0.15, 0.2) is 74.2 Å². The summed E-state index contributed by atoms with van der Waals surface area (Å²) in [6, 6.07) is 13.8. The van der Waals surface area contributed by atoms with Crippen LogP contribution in [-0.2, 0) is 27.2 Å². The van der Waals surface area contributed by atoms with E-state index in [2.05, 4.69) is 27.3 Å². The number of thioether (sulfide) groups is 1. The first-order valence-corrected chi connectivity index (χ1v) is 11.8. The van der Waals surface area contributed by atoms with Crippen molar-refractivity contribution in [3.63, 3.8) is 0 Å². The molecule has 1 aromatic carbocycles. The molecule has 5 rings (SSSR count). The third kappa shape index (κ3) is 3.98. The van der Waals surface area contributed by atoms with Crippen molar-refractivity contribution < 1.29 is 4.42 Å². The van der Waals surface area contributed by atoms with E-state index in [1.54, 1.807) is 31.3 Å². The highest BCUT2D eigenvalue weighted by atomic mass is 32.2. The molecule has 34 heavy (non-hydrogen) atoms. The van der Waals surface area contributed by atoms with E-state index < -0.39 is 0 Å². The van der Waals surface area contributed by atoms with Gasteiger partial charge in [-0.25, -0.2) is 9.78 Å². The molecule has 0 bridgehead atoms. The number of rotatable bonds is 8. The second kappa shape index (κ2) is 9.18. The van der Waals surface area contributed by atoms with Gasteiger partial charge in [-0.05, 0) is 24.1 Å². The number of furan rings is 1. The monoisotopic (exact) mass is 477 g/mol. The Morgan fingerprint density at radius 1 is 1.00 bits per heavy atom. The van der Waals surface area contributed by atoms with Gasteiger partial charge in [0.1, 0.15) is 0 Å². The molecule has 0 saturated carbocycles. The zero-order valence-electron chi connectivity index (χ0n) is 18.8. The molecule has 0 saturated heterocycles. The number of imidazole rings is 1. The van der Waals surface area contributed by atoms with Crippen LogP contribution < -0.4 is 11.2 Å². The fraction of sp³-hybridized carbons (Fsp3) is 0.261. The molecule has 4 heterocycles. The van der Waals surface area contributed by atoms with Crippen LogP contribution in [0.2, 0.25) is 0 Å². The van der Waals surface area contributed by atoms with E-state index >= 15 is 0 Å². The summed E-state index contributed by atoms with van der Waals surface area (Å²) in [6.45, 7) is 0.904. The molecule has 0 aliphatic rings. The molecule has 0 aliphatic heterocycles. The molecule has 0 unspecified atom stereocenters. The van der Waals surface area contributed by atoms with E-state index in [1.165, 1.54) is 20.9 Å². The van der Waals surface area contributed by atoms with E-state index in [0.717, 1.165) is 10.7 Å². The van der Waals surface area contributed by atoms with Crippen molar-refractivity contribution in [2.45, 2.75) is 24.7 Å². The van der Waals surface area contributed by atoms with Gasteiger partial charge in [-0.15, -0.1) is 10.2 Å². The van der Waals surface area contributed by atoms with Crippen molar-refractivity contribution in [1.29, 1.82) is 0 Å². The fourth-order valence-electron chi connectivity index (χ4n) is 3.87. The lowest BCUT2D eigenvalue weighted by Crippen LogP contribution is -2.39. The summed E-state index contributed by atoms with van der Waals surface area (Å²) in [7, 11) is 3.38. The molecule has 0 aliphatic carbocycles. The van der Waals surface area contributed by atoms with Crippen LogP contribution in [0.25, 0.3) is 22.7 Å². The average molecular weight is 478 g/mol. The van der Waals surface area contributed by atoms with Gasteiger partial charge in [0.2, 0.25) is 5.82 Å². The Morgan fingerprint density at radius 3 is 2.59 bits per heavy atom. The van der Waals surface area contributed by atoms with Gasteiger partial charge in [0, 0.05) is 26.4 Å². The number of aromatic nitrogens is 7. The minimum atomic E-state index is -0.367. The first-order valence-electron chi connectivity index (χ1n) is 10.8. The van der Waals surface area contributed by atoms with E-state index in [0.29, 0.717) is 48.0 Å². The molecular formula is C23H23N7O3S. The van der Waals surface area contributed by atoms with Gasteiger partial charge in [-0.3, -0.25) is 18.5 Å². The zero-order chi connectivity index (χ0) is 23.7. The van der Waals surface area contributed by atoms with E-state index in [9.17, 15) is 9.59 Å². The highest BCUT2D eigenvalue weighted by Gasteiger charge is 2.18. The molecule has 5 aromatic rings. The van der Waals surface area contributed by atoms with Crippen molar-refractivity contribution in [3.8, 4) is 11.6 Å². The number of benzene rings is 1. The topological polar surface area (TPSA) is 106 Å². The summed E-state index contributed by atoms with van der Waals surface area (Å²) < 4.78 is 11.9. The van der Waals surface area contributed by atoms with Gasteiger partial charge < -0.3 is 8.98 Å². The van der Waals surface area contributed by atoms with E-state index in [-0.39, 0.29) is 11.2 Å². The van der Waals surface area contributed by atoms with Crippen molar-refractivity contribution >= 4 is 22.9 Å². The molecule has 174 valence electrons.